The molecule has 0 bridgehead atoms. The lowest BCUT2D eigenvalue weighted by Crippen LogP contribution is -2.18. The predicted octanol–water partition coefficient (Wildman–Crippen LogP) is 2.66. The molecule has 0 saturated carbocycles. The number of nitrogens with zero attached hydrogens (tertiary/aromatic N) is 1. The van der Waals surface area contributed by atoms with Gasteiger partial charge in [0.15, 0.2) is 0 Å². The predicted molar refractivity (Wildman–Crippen MR) is 79.5 cm³/mol. The van der Waals surface area contributed by atoms with Gasteiger partial charge in [-0.05, 0) is 12.0 Å². The number of aromatic nitrogens is 1. The highest BCUT2D eigenvalue weighted by Gasteiger charge is 2.02. The Morgan fingerprint density at radius 3 is 2.84 bits per heavy atom. The van der Waals surface area contributed by atoms with Crippen LogP contribution in [-0.2, 0) is 24.1 Å². The molecule has 3 nitrogen and oxygen atoms in total. The molecule has 1 aromatic heterocycles. The first kappa shape index (κ1) is 14.2. The molecular formula is C15H20N2OS. The van der Waals surface area contributed by atoms with Crippen molar-refractivity contribution >= 4 is 11.3 Å². The average molecular weight is 276 g/mol. The standard InChI is InChI=1S/C15H20N2OS/c1-18-10-9-16-11-14-12-19-15(17-14)8-7-13-5-3-2-4-6-13/h2-6,12,16H,7-11H2,1H3. The molecule has 0 saturated heterocycles. The third-order valence-electron chi connectivity index (χ3n) is 2.86. The molecule has 2 aromatic rings. The lowest BCUT2D eigenvalue weighted by atomic mass is 10.1. The van der Waals surface area contributed by atoms with Crippen LogP contribution in [0.4, 0.5) is 0 Å². The van der Waals surface area contributed by atoms with Crippen LogP contribution in [0.25, 0.3) is 0 Å². The first-order valence-electron chi connectivity index (χ1n) is 6.55. The molecule has 0 aliphatic rings. The highest BCUT2D eigenvalue weighted by molar-refractivity contribution is 7.09. The molecule has 1 aromatic carbocycles. The zero-order valence-corrected chi connectivity index (χ0v) is 12.1. The SMILES string of the molecule is COCCNCc1csc(CCc2ccccc2)n1. The quantitative estimate of drug-likeness (QED) is 0.753. The summed E-state index contributed by atoms with van der Waals surface area (Å²) in [6, 6.07) is 10.6. The monoisotopic (exact) mass is 276 g/mol. The summed E-state index contributed by atoms with van der Waals surface area (Å²) in [4.78, 5) is 4.64. The molecule has 1 heterocycles. The van der Waals surface area contributed by atoms with Crippen LogP contribution in [0.2, 0.25) is 0 Å². The number of nitrogens with one attached hydrogen (secondary N) is 1. The van der Waals surface area contributed by atoms with E-state index in [1.54, 1.807) is 18.4 Å². The highest BCUT2D eigenvalue weighted by atomic mass is 32.1. The number of benzene rings is 1. The second-order valence-electron chi connectivity index (χ2n) is 4.39. The summed E-state index contributed by atoms with van der Waals surface area (Å²) in [6.07, 6.45) is 2.08. The van der Waals surface area contributed by atoms with E-state index in [-0.39, 0.29) is 0 Å². The second kappa shape index (κ2) is 8.04. The molecule has 0 amide bonds. The van der Waals surface area contributed by atoms with Gasteiger partial charge in [-0.25, -0.2) is 4.98 Å². The zero-order valence-electron chi connectivity index (χ0n) is 11.3. The van der Waals surface area contributed by atoms with Crippen LogP contribution in [0.1, 0.15) is 16.3 Å². The van der Waals surface area contributed by atoms with Gasteiger partial charge in [0.25, 0.3) is 0 Å². The Labute approximate surface area is 118 Å². The van der Waals surface area contributed by atoms with Gasteiger partial charge in [-0.3, -0.25) is 0 Å². The van der Waals surface area contributed by atoms with E-state index in [9.17, 15) is 0 Å². The van der Waals surface area contributed by atoms with Gasteiger partial charge in [-0.1, -0.05) is 30.3 Å². The number of methoxy groups -OCH3 is 1. The maximum Gasteiger partial charge on any atom is 0.0932 e. The molecule has 0 atom stereocenters. The summed E-state index contributed by atoms with van der Waals surface area (Å²) in [5.41, 5.74) is 2.50. The van der Waals surface area contributed by atoms with E-state index in [1.807, 2.05) is 0 Å². The zero-order chi connectivity index (χ0) is 13.3. The van der Waals surface area contributed by atoms with E-state index in [0.29, 0.717) is 0 Å². The number of aryl methyl sites for hydroxylation is 2. The number of rotatable bonds is 8. The van der Waals surface area contributed by atoms with Crippen LogP contribution in [0.3, 0.4) is 0 Å². The molecule has 0 spiro atoms. The fourth-order valence-electron chi connectivity index (χ4n) is 1.83. The smallest absolute Gasteiger partial charge is 0.0932 e. The molecule has 1 N–H and O–H groups in total. The van der Waals surface area contributed by atoms with E-state index in [1.165, 1.54) is 10.6 Å². The molecule has 0 aliphatic heterocycles. The van der Waals surface area contributed by atoms with Crippen molar-refractivity contribution in [1.82, 2.24) is 10.3 Å². The van der Waals surface area contributed by atoms with Gasteiger partial charge in [-0.2, -0.15) is 0 Å². The largest absolute Gasteiger partial charge is 0.383 e. The summed E-state index contributed by atoms with van der Waals surface area (Å²) < 4.78 is 4.99. The van der Waals surface area contributed by atoms with Crippen LogP contribution in [0.15, 0.2) is 35.7 Å². The lowest BCUT2D eigenvalue weighted by Gasteiger charge is -2.00. The summed E-state index contributed by atoms with van der Waals surface area (Å²) in [6.45, 7) is 2.43. The van der Waals surface area contributed by atoms with Gasteiger partial charge in [-0.15, -0.1) is 11.3 Å². The number of ether oxygens (including phenoxy) is 1. The van der Waals surface area contributed by atoms with Crippen molar-refractivity contribution in [3.63, 3.8) is 0 Å². The Hall–Kier alpha value is -1.23. The number of hydrogen-bond acceptors (Lipinski definition) is 4. The van der Waals surface area contributed by atoms with Gasteiger partial charge < -0.3 is 10.1 Å². The molecule has 2 rings (SSSR count). The maximum absolute atomic E-state index is 4.99. The van der Waals surface area contributed by atoms with Crippen LogP contribution in [0, 0.1) is 0 Å². The molecule has 0 radical (unpaired) electrons. The van der Waals surface area contributed by atoms with Gasteiger partial charge in [0.2, 0.25) is 0 Å². The van der Waals surface area contributed by atoms with Crippen LogP contribution >= 0.6 is 11.3 Å². The second-order valence-corrected chi connectivity index (χ2v) is 5.33. The highest BCUT2D eigenvalue weighted by Crippen LogP contribution is 2.13. The van der Waals surface area contributed by atoms with Gasteiger partial charge in [0, 0.05) is 32.0 Å². The fraction of sp³-hybridized carbons (Fsp3) is 0.400. The molecule has 19 heavy (non-hydrogen) atoms. The van der Waals surface area contributed by atoms with Crippen molar-refractivity contribution in [3.8, 4) is 0 Å². The van der Waals surface area contributed by atoms with E-state index < -0.39 is 0 Å². The van der Waals surface area contributed by atoms with Crippen molar-refractivity contribution in [2.24, 2.45) is 0 Å². The molecule has 4 heteroatoms. The minimum Gasteiger partial charge on any atom is -0.383 e. The number of thiazole rings is 1. The summed E-state index contributed by atoms with van der Waals surface area (Å²) in [5.74, 6) is 0. The van der Waals surface area contributed by atoms with E-state index in [4.69, 9.17) is 4.74 Å². The molecular weight excluding hydrogens is 256 g/mol. The average Bonchev–Trinajstić information content (AvgIpc) is 2.91. The van der Waals surface area contributed by atoms with Crippen LogP contribution < -0.4 is 5.32 Å². The van der Waals surface area contributed by atoms with Crippen molar-refractivity contribution in [1.29, 1.82) is 0 Å². The van der Waals surface area contributed by atoms with Crippen molar-refractivity contribution < 1.29 is 4.74 Å². The summed E-state index contributed by atoms with van der Waals surface area (Å²) in [7, 11) is 1.71. The third kappa shape index (κ3) is 5.11. The molecule has 0 aliphatic carbocycles. The van der Waals surface area contributed by atoms with E-state index >= 15 is 0 Å². The van der Waals surface area contributed by atoms with Crippen molar-refractivity contribution in [3.05, 3.63) is 52.0 Å². The Morgan fingerprint density at radius 2 is 2.05 bits per heavy atom. The Balaban J connectivity index is 1.74. The Kier molecular flexibility index (Phi) is 6.01. The first-order chi connectivity index (χ1) is 9.38. The topological polar surface area (TPSA) is 34.1 Å². The van der Waals surface area contributed by atoms with Crippen LogP contribution in [-0.4, -0.2) is 25.2 Å². The summed E-state index contributed by atoms with van der Waals surface area (Å²) >= 11 is 1.75. The normalized spacial score (nSPS) is 10.8. The van der Waals surface area contributed by atoms with Gasteiger partial charge >= 0.3 is 0 Å². The minimum atomic E-state index is 0.741. The van der Waals surface area contributed by atoms with E-state index in [2.05, 4.69) is 46.0 Å². The Bertz CT molecular complexity index is 470. The lowest BCUT2D eigenvalue weighted by molar-refractivity contribution is 0.199. The summed E-state index contributed by atoms with van der Waals surface area (Å²) in [5, 5.41) is 6.66. The minimum absolute atomic E-state index is 0.741. The van der Waals surface area contributed by atoms with Crippen LogP contribution in [0.5, 0.6) is 0 Å². The number of hydrogen-bond donors (Lipinski definition) is 1. The first-order valence-corrected chi connectivity index (χ1v) is 7.43. The fourth-order valence-corrected chi connectivity index (χ4v) is 2.63. The van der Waals surface area contributed by atoms with E-state index in [0.717, 1.165) is 38.2 Å². The molecule has 0 fully saturated rings. The van der Waals surface area contributed by atoms with Crippen molar-refractivity contribution in [2.75, 3.05) is 20.3 Å². The van der Waals surface area contributed by atoms with Crippen molar-refractivity contribution in [2.45, 2.75) is 19.4 Å². The third-order valence-corrected chi connectivity index (χ3v) is 3.82. The van der Waals surface area contributed by atoms with Gasteiger partial charge in [0.1, 0.15) is 0 Å². The Morgan fingerprint density at radius 1 is 1.21 bits per heavy atom. The molecule has 0 unspecified atom stereocenters. The maximum atomic E-state index is 4.99. The molecule has 102 valence electrons. The van der Waals surface area contributed by atoms with Gasteiger partial charge in [0.05, 0.1) is 17.3 Å².